The number of hydrogen-bond acceptors (Lipinski definition) is 8. The third-order valence-electron chi connectivity index (χ3n) is 4.35. The fourth-order valence-corrected chi connectivity index (χ4v) is 3.04. The van der Waals surface area contributed by atoms with Gasteiger partial charge in [0, 0.05) is 25.5 Å². The van der Waals surface area contributed by atoms with Gasteiger partial charge in [-0.25, -0.2) is 4.98 Å². The van der Waals surface area contributed by atoms with Crippen molar-refractivity contribution < 1.29 is 4.52 Å². The predicted octanol–water partition coefficient (Wildman–Crippen LogP) is 2.14. The Labute approximate surface area is 153 Å². The Bertz CT molecular complexity index is 1280. The van der Waals surface area contributed by atoms with Crippen molar-refractivity contribution in [1.82, 2.24) is 40.0 Å². The molecule has 27 heavy (non-hydrogen) atoms. The molecule has 0 bridgehead atoms. The van der Waals surface area contributed by atoms with Crippen LogP contribution in [0.3, 0.4) is 0 Å². The highest BCUT2D eigenvalue weighted by molar-refractivity contribution is 5.94. The Morgan fingerprint density at radius 3 is 2.70 bits per heavy atom. The van der Waals surface area contributed by atoms with Crippen LogP contribution in [0.15, 0.2) is 41.1 Å². The van der Waals surface area contributed by atoms with Crippen LogP contribution in [0.2, 0.25) is 0 Å². The standard InChI is InChI=1S/C17H15N9O/c1-10-8-12(21-27-10)15-17-18-16(25(3)14-9-24(2)22-19-14)11-6-4-5-7-13(11)26(17)23-20-15/h4-9H,1-3H3. The number of aryl methyl sites for hydroxylation is 2. The molecule has 4 aromatic heterocycles. The molecule has 0 aliphatic carbocycles. The maximum Gasteiger partial charge on any atom is 0.188 e. The summed E-state index contributed by atoms with van der Waals surface area (Å²) < 4.78 is 8.55. The summed E-state index contributed by atoms with van der Waals surface area (Å²) in [4.78, 5) is 6.73. The molecular formula is C17H15N9O. The fourth-order valence-electron chi connectivity index (χ4n) is 3.04. The second-order valence-corrected chi connectivity index (χ2v) is 6.26. The molecule has 0 atom stereocenters. The average Bonchev–Trinajstić information content (AvgIpc) is 3.39. The topological polar surface area (TPSA) is 103 Å². The molecule has 0 aliphatic heterocycles. The molecule has 10 heteroatoms. The van der Waals surface area contributed by atoms with E-state index in [1.807, 2.05) is 62.4 Å². The smallest absolute Gasteiger partial charge is 0.188 e. The van der Waals surface area contributed by atoms with Crippen molar-refractivity contribution in [3.8, 4) is 11.4 Å². The zero-order chi connectivity index (χ0) is 18.5. The molecule has 0 fully saturated rings. The quantitative estimate of drug-likeness (QED) is 0.481. The minimum Gasteiger partial charge on any atom is -0.361 e. The van der Waals surface area contributed by atoms with Crippen molar-refractivity contribution >= 4 is 28.2 Å². The van der Waals surface area contributed by atoms with Crippen LogP contribution < -0.4 is 4.90 Å². The minimum atomic E-state index is 0.561. The number of fused-ring (bicyclic) bond motifs is 3. The molecule has 0 radical (unpaired) electrons. The SMILES string of the molecule is Cc1cc(-c2nnn3c2nc(N(C)c2cn(C)nn2)c2ccccc23)no1. The molecule has 5 rings (SSSR count). The van der Waals surface area contributed by atoms with Crippen molar-refractivity contribution in [3.05, 3.63) is 42.3 Å². The lowest BCUT2D eigenvalue weighted by atomic mass is 10.2. The van der Waals surface area contributed by atoms with E-state index in [0.29, 0.717) is 28.6 Å². The van der Waals surface area contributed by atoms with E-state index in [4.69, 9.17) is 9.51 Å². The summed E-state index contributed by atoms with van der Waals surface area (Å²) in [5, 5.41) is 21.7. The summed E-state index contributed by atoms with van der Waals surface area (Å²) in [7, 11) is 3.73. The first-order valence-corrected chi connectivity index (χ1v) is 8.30. The first-order valence-electron chi connectivity index (χ1n) is 8.30. The Kier molecular flexibility index (Phi) is 3.20. The number of nitrogens with zero attached hydrogens (tertiary/aromatic N) is 9. The molecule has 1 aromatic carbocycles. The van der Waals surface area contributed by atoms with E-state index in [-0.39, 0.29) is 0 Å². The van der Waals surface area contributed by atoms with Gasteiger partial charge in [-0.2, -0.15) is 4.52 Å². The molecule has 0 aliphatic rings. The first kappa shape index (κ1) is 15.4. The maximum absolute atomic E-state index is 5.19. The number of hydrogen-bond donors (Lipinski definition) is 0. The van der Waals surface area contributed by atoms with Gasteiger partial charge >= 0.3 is 0 Å². The summed E-state index contributed by atoms with van der Waals surface area (Å²) in [6.07, 6.45) is 1.83. The lowest BCUT2D eigenvalue weighted by Crippen LogP contribution is -2.13. The molecule has 0 unspecified atom stereocenters. The van der Waals surface area contributed by atoms with E-state index in [1.54, 1.807) is 9.20 Å². The fraction of sp³-hybridized carbons (Fsp3) is 0.176. The van der Waals surface area contributed by atoms with E-state index < -0.39 is 0 Å². The number of benzene rings is 1. The van der Waals surface area contributed by atoms with Gasteiger partial charge in [0.15, 0.2) is 17.2 Å². The highest BCUT2D eigenvalue weighted by Gasteiger charge is 2.20. The summed E-state index contributed by atoms with van der Waals surface area (Å²) in [6.45, 7) is 1.83. The van der Waals surface area contributed by atoms with Crippen LogP contribution in [0.4, 0.5) is 11.6 Å². The predicted molar refractivity (Wildman–Crippen MR) is 97.6 cm³/mol. The van der Waals surface area contributed by atoms with Crippen molar-refractivity contribution in [3.63, 3.8) is 0 Å². The van der Waals surface area contributed by atoms with Gasteiger partial charge in [-0.05, 0) is 19.1 Å². The Morgan fingerprint density at radius 1 is 1.11 bits per heavy atom. The molecule has 0 saturated heterocycles. The Morgan fingerprint density at radius 2 is 1.96 bits per heavy atom. The Hall–Kier alpha value is -3.82. The van der Waals surface area contributed by atoms with Crippen LogP contribution in [0.1, 0.15) is 5.76 Å². The summed E-state index contributed by atoms with van der Waals surface area (Å²) in [5.41, 5.74) is 2.63. The average molecular weight is 361 g/mol. The summed E-state index contributed by atoms with van der Waals surface area (Å²) in [6, 6.07) is 9.70. The number of rotatable bonds is 3. The van der Waals surface area contributed by atoms with Gasteiger partial charge in [0.1, 0.15) is 17.3 Å². The molecule has 0 saturated carbocycles. The summed E-state index contributed by atoms with van der Waals surface area (Å²) in [5.74, 6) is 2.11. The van der Waals surface area contributed by atoms with Crippen molar-refractivity contribution in [2.45, 2.75) is 6.92 Å². The van der Waals surface area contributed by atoms with Crippen molar-refractivity contribution in [1.29, 1.82) is 0 Å². The molecule has 134 valence electrons. The van der Waals surface area contributed by atoms with E-state index >= 15 is 0 Å². The van der Waals surface area contributed by atoms with Crippen LogP contribution >= 0.6 is 0 Å². The van der Waals surface area contributed by atoms with Gasteiger partial charge in [-0.15, -0.1) is 10.2 Å². The van der Waals surface area contributed by atoms with Crippen LogP contribution in [0.5, 0.6) is 0 Å². The molecule has 0 spiro atoms. The molecular weight excluding hydrogens is 346 g/mol. The summed E-state index contributed by atoms with van der Waals surface area (Å²) >= 11 is 0. The number of aromatic nitrogens is 8. The third-order valence-corrected chi connectivity index (χ3v) is 4.35. The van der Waals surface area contributed by atoms with E-state index in [9.17, 15) is 0 Å². The van der Waals surface area contributed by atoms with Gasteiger partial charge in [0.25, 0.3) is 0 Å². The normalized spacial score (nSPS) is 11.5. The van der Waals surface area contributed by atoms with Crippen LogP contribution in [-0.2, 0) is 7.05 Å². The second kappa shape index (κ2) is 5.59. The van der Waals surface area contributed by atoms with Gasteiger partial charge in [0.05, 0.1) is 11.7 Å². The lowest BCUT2D eigenvalue weighted by molar-refractivity contribution is 0.399. The molecule has 4 heterocycles. The molecule has 0 amide bonds. The second-order valence-electron chi connectivity index (χ2n) is 6.26. The largest absolute Gasteiger partial charge is 0.361 e. The van der Waals surface area contributed by atoms with Gasteiger partial charge in [0.2, 0.25) is 0 Å². The highest BCUT2D eigenvalue weighted by atomic mass is 16.5. The Balaban J connectivity index is 1.80. The van der Waals surface area contributed by atoms with Crippen LogP contribution in [-0.4, -0.2) is 47.0 Å². The van der Waals surface area contributed by atoms with Gasteiger partial charge < -0.3 is 9.42 Å². The van der Waals surface area contributed by atoms with Crippen LogP contribution in [0, 0.1) is 6.92 Å². The van der Waals surface area contributed by atoms with Gasteiger partial charge in [-0.1, -0.05) is 27.7 Å². The monoisotopic (exact) mass is 361 g/mol. The van der Waals surface area contributed by atoms with Gasteiger partial charge in [-0.3, -0.25) is 4.68 Å². The van der Waals surface area contributed by atoms with E-state index in [2.05, 4.69) is 25.8 Å². The first-order chi connectivity index (χ1) is 13.1. The highest BCUT2D eigenvalue weighted by Crippen LogP contribution is 2.31. The van der Waals surface area contributed by atoms with Crippen molar-refractivity contribution in [2.75, 3.05) is 11.9 Å². The van der Waals surface area contributed by atoms with E-state index in [1.165, 1.54) is 0 Å². The zero-order valence-electron chi connectivity index (χ0n) is 14.9. The number of para-hydroxylation sites is 1. The number of anilines is 2. The van der Waals surface area contributed by atoms with Crippen LogP contribution in [0.25, 0.3) is 27.9 Å². The van der Waals surface area contributed by atoms with E-state index in [0.717, 1.165) is 16.7 Å². The molecule has 0 N–H and O–H groups in total. The van der Waals surface area contributed by atoms with Crippen molar-refractivity contribution in [2.24, 2.45) is 7.05 Å². The molecule has 10 nitrogen and oxygen atoms in total. The minimum absolute atomic E-state index is 0.561. The third kappa shape index (κ3) is 2.34. The molecule has 5 aromatic rings. The zero-order valence-corrected chi connectivity index (χ0v) is 14.9. The maximum atomic E-state index is 5.19. The lowest BCUT2D eigenvalue weighted by Gasteiger charge is -2.17.